The molecule has 31 heavy (non-hydrogen) atoms. The van der Waals surface area contributed by atoms with Crippen LogP contribution >= 0.6 is 0 Å². The Labute approximate surface area is 181 Å². The third-order valence-electron chi connectivity index (χ3n) is 5.94. The third kappa shape index (κ3) is 3.54. The molecule has 0 unspecified atom stereocenters. The number of carbonyl (C=O) groups excluding carboxylic acids is 1. The molecular formula is C22H27N7O2. The molecule has 1 saturated heterocycles. The van der Waals surface area contributed by atoms with E-state index >= 15 is 0 Å². The molecule has 0 aromatic carbocycles. The highest BCUT2D eigenvalue weighted by Crippen LogP contribution is 2.35. The van der Waals surface area contributed by atoms with Gasteiger partial charge in [0.05, 0.1) is 12.8 Å². The lowest BCUT2D eigenvalue weighted by Gasteiger charge is -2.34. The summed E-state index contributed by atoms with van der Waals surface area (Å²) in [6, 6.07) is 4.11. The van der Waals surface area contributed by atoms with Gasteiger partial charge in [-0.25, -0.2) is 14.8 Å². The van der Waals surface area contributed by atoms with Crippen LogP contribution in [0.3, 0.4) is 0 Å². The van der Waals surface area contributed by atoms with Gasteiger partial charge >= 0.3 is 6.03 Å². The van der Waals surface area contributed by atoms with Gasteiger partial charge in [-0.05, 0) is 26.3 Å². The topological polar surface area (TPSA) is 87.0 Å². The number of hydrogen-bond acceptors (Lipinski definition) is 6. The Hall–Kier alpha value is -3.33. The number of imidazole rings is 1. The average Bonchev–Trinajstić information content (AvgIpc) is 3.35. The van der Waals surface area contributed by atoms with Crippen molar-refractivity contribution in [2.45, 2.75) is 26.3 Å². The van der Waals surface area contributed by atoms with E-state index < -0.39 is 0 Å². The van der Waals surface area contributed by atoms with E-state index in [1.54, 1.807) is 18.2 Å². The van der Waals surface area contributed by atoms with E-state index in [1.165, 1.54) is 5.69 Å². The standard InChI is InChI=1S/C22H27N7O2/c1-14-11-27(9-7-23-14)18-4-6-24-21-16(18)5-8-29(21)22(30)26-17-13-28-12-15(2)25-20(28)10-19(17)31-3/h4,6,10,12-14,23H,5,7-9,11H2,1-3H3,(H,26,30)/t14-/m1/s1. The summed E-state index contributed by atoms with van der Waals surface area (Å²) in [6.45, 7) is 7.58. The van der Waals surface area contributed by atoms with Gasteiger partial charge in [0.25, 0.3) is 0 Å². The Balaban J connectivity index is 1.41. The number of rotatable bonds is 3. The predicted octanol–water partition coefficient (Wildman–Crippen LogP) is 2.44. The van der Waals surface area contributed by atoms with Crippen molar-refractivity contribution >= 4 is 28.9 Å². The summed E-state index contributed by atoms with van der Waals surface area (Å²) in [5.41, 5.74) is 4.59. The maximum Gasteiger partial charge on any atom is 0.327 e. The van der Waals surface area contributed by atoms with Gasteiger partial charge in [-0.3, -0.25) is 4.90 Å². The number of methoxy groups -OCH3 is 1. The summed E-state index contributed by atoms with van der Waals surface area (Å²) >= 11 is 0. The molecule has 2 amide bonds. The average molecular weight is 422 g/mol. The highest BCUT2D eigenvalue weighted by Gasteiger charge is 2.31. The minimum atomic E-state index is -0.216. The summed E-state index contributed by atoms with van der Waals surface area (Å²) < 4.78 is 7.37. The SMILES string of the molecule is COc1cc2nc(C)cn2cc1NC(=O)N1CCc2c(N3CCN[C@H](C)C3)ccnc21. The number of hydrogen-bond donors (Lipinski definition) is 2. The normalized spacial score (nSPS) is 18.4. The second-order valence-corrected chi connectivity index (χ2v) is 8.17. The Morgan fingerprint density at radius 1 is 1.32 bits per heavy atom. The molecule has 0 spiro atoms. The Bertz CT molecular complexity index is 1140. The highest BCUT2D eigenvalue weighted by atomic mass is 16.5. The molecule has 0 bridgehead atoms. The molecule has 9 nitrogen and oxygen atoms in total. The van der Waals surface area contributed by atoms with Gasteiger partial charge in [0.15, 0.2) is 0 Å². The molecule has 2 aliphatic heterocycles. The van der Waals surface area contributed by atoms with Crippen molar-refractivity contribution < 1.29 is 9.53 Å². The molecular weight excluding hydrogens is 394 g/mol. The quantitative estimate of drug-likeness (QED) is 0.676. The lowest BCUT2D eigenvalue weighted by molar-refractivity contribution is 0.257. The van der Waals surface area contributed by atoms with Crippen LogP contribution in [-0.4, -0.2) is 59.7 Å². The van der Waals surface area contributed by atoms with Crippen molar-refractivity contribution in [3.8, 4) is 5.75 Å². The number of amides is 2. The van der Waals surface area contributed by atoms with Crippen molar-refractivity contribution in [1.82, 2.24) is 19.7 Å². The van der Waals surface area contributed by atoms with Crippen LogP contribution in [0.1, 0.15) is 18.2 Å². The van der Waals surface area contributed by atoms with E-state index in [9.17, 15) is 4.79 Å². The van der Waals surface area contributed by atoms with Crippen molar-refractivity contribution in [1.29, 1.82) is 0 Å². The number of fused-ring (bicyclic) bond motifs is 2. The van der Waals surface area contributed by atoms with Crippen LogP contribution in [-0.2, 0) is 6.42 Å². The van der Waals surface area contributed by atoms with Crippen molar-refractivity contribution in [2.75, 3.05) is 48.4 Å². The maximum atomic E-state index is 13.2. The first kappa shape index (κ1) is 19.6. The van der Waals surface area contributed by atoms with Crippen LogP contribution in [0.15, 0.2) is 30.7 Å². The first-order valence-corrected chi connectivity index (χ1v) is 10.6. The minimum Gasteiger partial charge on any atom is -0.494 e. The third-order valence-corrected chi connectivity index (χ3v) is 5.94. The first-order chi connectivity index (χ1) is 15.0. The fourth-order valence-electron chi connectivity index (χ4n) is 4.51. The van der Waals surface area contributed by atoms with Gasteiger partial charge in [-0.15, -0.1) is 0 Å². The number of piperazine rings is 1. The minimum absolute atomic E-state index is 0.216. The number of pyridine rings is 2. The molecule has 2 aliphatic rings. The van der Waals surface area contributed by atoms with E-state index in [0.29, 0.717) is 24.0 Å². The lowest BCUT2D eigenvalue weighted by atomic mass is 10.1. The van der Waals surface area contributed by atoms with Crippen LogP contribution in [0.5, 0.6) is 5.75 Å². The second-order valence-electron chi connectivity index (χ2n) is 8.17. The monoisotopic (exact) mass is 421 g/mol. The Morgan fingerprint density at radius 3 is 3.00 bits per heavy atom. The van der Waals surface area contributed by atoms with Crippen LogP contribution in [0, 0.1) is 6.92 Å². The van der Waals surface area contributed by atoms with Gasteiger partial charge in [-0.2, -0.15) is 0 Å². The summed E-state index contributed by atoms with van der Waals surface area (Å²) in [5, 5.41) is 6.48. The lowest BCUT2D eigenvalue weighted by Crippen LogP contribution is -2.49. The molecule has 3 aromatic rings. The molecule has 1 atom stereocenters. The zero-order valence-electron chi connectivity index (χ0n) is 18.1. The largest absolute Gasteiger partial charge is 0.494 e. The molecule has 162 valence electrons. The molecule has 0 saturated carbocycles. The van der Waals surface area contributed by atoms with Crippen LogP contribution in [0.25, 0.3) is 5.65 Å². The van der Waals surface area contributed by atoms with Gasteiger partial charge in [-0.1, -0.05) is 0 Å². The number of carbonyl (C=O) groups is 1. The smallest absolute Gasteiger partial charge is 0.327 e. The van der Waals surface area contributed by atoms with E-state index in [1.807, 2.05) is 29.8 Å². The van der Waals surface area contributed by atoms with Gasteiger partial charge in [0, 0.05) is 68.1 Å². The summed E-state index contributed by atoms with van der Waals surface area (Å²) in [4.78, 5) is 26.3. The summed E-state index contributed by atoms with van der Waals surface area (Å²) in [5.74, 6) is 1.31. The number of ether oxygens (including phenoxy) is 1. The number of urea groups is 1. The number of aromatic nitrogens is 3. The van der Waals surface area contributed by atoms with Crippen LogP contribution in [0.4, 0.5) is 22.0 Å². The van der Waals surface area contributed by atoms with E-state index in [2.05, 4.69) is 38.5 Å². The second kappa shape index (κ2) is 7.73. The van der Waals surface area contributed by atoms with E-state index in [-0.39, 0.29) is 6.03 Å². The molecule has 0 radical (unpaired) electrons. The molecule has 1 fully saturated rings. The van der Waals surface area contributed by atoms with Crippen molar-refractivity contribution in [2.24, 2.45) is 0 Å². The van der Waals surface area contributed by atoms with Crippen LogP contribution < -0.4 is 25.2 Å². The Kier molecular flexibility index (Phi) is 4.90. The molecule has 5 heterocycles. The van der Waals surface area contributed by atoms with Crippen molar-refractivity contribution in [3.05, 3.63) is 42.0 Å². The zero-order chi connectivity index (χ0) is 21.5. The molecule has 2 N–H and O–H groups in total. The van der Waals surface area contributed by atoms with Gasteiger partial charge in [0.2, 0.25) is 0 Å². The highest BCUT2D eigenvalue weighted by molar-refractivity contribution is 6.03. The van der Waals surface area contributed by atoms with Gasteiger partial charge in [0.1, 0.15) is 22.9 Å². The number of nitrogens with zero attached hydrogens (tertiary/aromatic N) is 5. The summed E-state index contributed by atoms with van der Waals surface area (Å²) in [6.07, 6.45) is 6.33. The molecule has 3 aromatic heterocycles. The fourth-order valence-corrected chi connectivity index (χ4v) is 4.51. The molecule has 0 aliphatic carbocycles. The van der Waals surface area contributed by atoms with Crippen molar-refractivity contribution in [3.63, 3.8) is 0 Å². The zero-order valence-corrected chi connectivity index (χ0v) is 18.1. The predicted molar refractivity (Wildman–Crippen MR) is 120 cm³/mol. The molecule has 9 heteroatoms. The summed E-state index contributed by atoms with van der Waals surface area (Å²) in [7, 11) is 1.59. The van der Waals surface area contributed by atoms with Gasteiger partial charge < -0.3 is 24.7 Å². The number of nitrogens with one attached hydrogen (secondary N) is 2. The van der Waals surface area contributed by atoms with E-state index in [0.717, 1.165) is 48.8 Å². The number of anilines is 3. The molecule has 5 rings (SSSR count). The van der Waals surface area contributed by atoms with Crippen LogP contribution in [0.2, 0.25) is 0 Å². The maximum absolute atomic E-state index is 13.2. The Morgan fingerprint density at radius 2 is 2.19 bits per heavy atom. The fraction of sp³-hybridized carbons (Fsp3) is 0.409. The first-order valence-electron chi connectivity index (χ1n) is 10.6. The van der Waals surface area contributed by atoms with E-state index in [4.69, 9.17) is 4.74 Å². The number of aryl methyl sites for hydroxylation is 1.